The zero-order valence-electron chi connectivity index (χ0n) is 12.4. The molecule has 0 bridgehead atoms. The summed E-state index contributed by atoms with van der Waals surface area (Å²) in [5.74, 6) is 1.11. The van der Waals surface area contributed by atoms with Gasteiger partial charge in [0.1, 0.15) is 5.82 Å². The van der Waals surface area contributed by atoms with E-state index in [4.69, 9.17) is 0 Å². The second kappa shape index (κ2) is 7.04. The minimum Gasteiger partial charge on any atom is -0.335 e. The molecule has 8 heteroatoms. The molecule has 0 unspecified atom stereocenters. The third-order valence-corrected chi connectivity index (χ3v) is 6.76. The number of fused-ring (bicyclic) bond motifs is 1. The van der Waals surface area contributed by atoms with Crippen LogP contribution in [-0.2, 0) is 29.4 Å². The second-order valence-electron chi connectivity index (χ2n) is 5.52. The van der Waals surface area contributed by atoms with Crippen molar-refractivity contribution in [2.45, 2.75) is 37.1 Å². The highest BCUT2D eigenvalue weighted by Gasteiger charge is 2.18. The predicted molar refractivity (Wildman–Crippen MR) is 95.9 cm³/mol. The van der Waals surface area contributed by atoms with Crippen molar-refractivity contribution in [1.82, 2.24) is 14.3 Å². The number of benzene rings is 1. The molecule has 3 rings (SSSR count). The highest BCUT2D eigenvalue weighted by atomic mass is 79.9. The molecule has 5 nitrogen and oxygen atoms in total. The molecular formula is C15H17Br2N3O2S. The van der Waals surface area contributed by atoms with Gasteiger partial charge in [0.25, 0.3) is 0 Å². The van der Waals surface area contributed by atoms with Gasteiger partial charge < -0.3 is 4.57 Å². The van der Waals surface area contributed by atoms with Crippen LogP contribution in [-0.4, -0.2) is 24.5 Å². The van der Waals surface area contributed by atoms with Gasteiger partial charge in [-0.1, -0.05) is 15.9 Å². The summed E-state index contributed by atoms with van der Waals surface area (Å²) in [4.78, 5) is 4.82. The number of nitrogens with zero attached hydrogens (tertiary/aromatic N) is 2. The Hall–Kier alpha value is -0.700. The van der Waals surface area contributed by atoms with E-state index in [1.54, 1.807) is 18.2 Å². The summed E-state index contributed by atoms with van der Waals surface area (Å²) in [6.45, 7) is 1.34. The lowest BCUT2D eigenvalue weighted by molar-refractivity contribution is 0.522. The van der Waals surface area contributed by atoms with Crippen LogP contribution < -0.4 is 4.72 Å². The van der Waals surface area contributed by atoms with Gasteiger partial charge in [0.2, 0.25) is 10.0 Å². The molecule has 0 saturated heterocycles. The van der Waals surface area contributed by atoms with Crippen molar-refractivity contribution in [3.63, 3.8) is 0 Å². The maximum atomic E-state index is 12.4. The van der Waals surface area contributed by atoms with Crippen LogP contribution in [0, 0.1) is 0 Å². The number of sulfonamides is 1. The average molecular weight is 463 g/mol. The van der Waals surface area contributed by atoms with Crippen LogP contribution in [0.4, 0.5) is 0 Å². The summed E-state index contributed by atoms with van der Waals surface area (Å²) in [6.07, 6.45) is 6.01. The Labute approximate surface area is 152 Å². The van der Waals surface area contributed by atoms with E-state index >= 15 is 0 Å². The van der Waals surface area contributed by atoms with Crippen molar-refractivity contribution in [3.05, 3.63) is 44.9 Å². The monoisotopic (exact) mass is 461 g/mol. The zero-order chi connectivity index (χ0) is 16.4. The van der Waals surface area contributed by atoms with Crippen molar-refractivity contribution in [2.24, 2.45) is 0 Å². The maximum absolute atomic E-state index is 12.4. The van der Waals surface area contributed by atoms with Crippen LogP contribution >= 0.6 is 31.9 Å². The Balaban J connectivity index is 1.65. The third kappa shape index (κ3) is 4.04. The highest BCUT2D eigenvalue weighted by Crippen LogP contribution is 2.25. The Bertz CT molecular complexity index is 795. The molecule has 0 spiro atoms. The molecule has 1 aliphatic rings. The molecular weight excluding hydrogens is 446 g/mol. The number of nitrogens with one attached hydrogen (secondary N) is 1. The third-order valence-electron chi connectivity index (χ3n) is 3.81. The number of imidazole rings is 1. The minimum absolute atomic E-state index is 0.232. The number of aromatic nitrogens is 2. The van der Waals surface area contributed by atoms with Crippen LogP contribution in [0.3, 0.4) is 0 Å². The van der Waals surface area contributed by atoms with E-state index in [1.807, 2.05) is 6.20 Å². The van der Waals surface area contributed by atoms with Crippen LogP contribution in [0.5, 0.6) is 0 Å². The van der Waals surface area contributed by atoms with E-state index in [0.29, 0.717) is 17.4 Å². The van der Waals surface area contributed by atoms with Crippen LogP contribution in [0.25, 0.3) is 0 Å². The van der Waals surface area contributed by atoms with Gasteiger partial charge in [-0.3, -0.25) is 0 Å². The summed E-state index contributed by atoms with van der Waals surface area (Å²) >= 11 is 6.59. The van der Waals surface area contributed by atoms with Crippen LogP contribution in [0.15, 0.2) is 38.2 Å². The fourth-order valence-electron chi connectivity index (χ4n) is 2.67. The largest absolute Gasteiger partial charge is 0.335 e. The van der Waals surface area contributed by atoms with Crippen LogP contribution in [0.2, 0.25) is 0 Å². The lowest BCUT2D eigenvalue weighted by Gasteiger charge is -2.11. The molecule has 1 aromatic carbocycles. The van der Waals surface area contributed by atoms with Gasteiger partial charge in [0.15, 0.2) is 0 Å². The lowest BCUT2D eigenvalue weighted by Crippen LogP contribution is -2.26. The van der Waals surface area contributed by atoms with Crippen molar-refractivity contribution < 1.29 is 8.42 Å². The minimum atomic E-state index is -3.55. The first kappa shape index (κ1) is 17.1. The standard InChI is InChI=1S/C15H17Br2N3O2S/c16-11-4-5-13(17)14(9-11)23(21,22)18-7-6-12-10-20-8-2-1-3-15(20)19-12/h4-5,9-10,18H,1-3,6-8H2. The summed E-state index contributed by atoms with van der Waals surface area (Å²) < 4.78 is 30.9. The molecule has 1 aromatic heterocycles. The van der Waals surface area contributed by atoms with Gasteiger partial charge >= 0.3 is 0 Å². The summed E-state index contributed by atoms with van der Waals surface area (Å²) in [5.41, 5.74) is 0.943. The molecule has 23 heavy (non-hydrogen) atoms. The Morgan fingerprint density at radius 3 is 2.87 bits per heavy atom. The summed E-state index contributed by atoms with van der Waals surface area (Å²) in [5, 5.41) is 0. The molecule has 0 radical (unpaired) electrons. The molecule has 0 fully saturated rings. The number of rotatable bonds is 5. The quantitative estimate of drug-likeness (QED) is 0.741. The number of hydrogen-bond acceptors (Lipinski definition) is 3. The van der Waals surface area contributed by atoms with E-state index in [-0.39, 0.29) is 4.90 Å². The molecule has 124 valence electrons. The normalized spacial score (nSPS) is 14.7. The first-order valence-corrected chi connectivity index (χ1v) is 10.5. The Morgan fingerprint density at radius 2 is 2.09 bits per heavy atom. The lowest BCUT2D eigenvalue weighted by atomic mass is 10.2. The fraction of sp³-hybridized carbons (Fsp3) is 0.400. The molecule has 0 atom stereocenters. The van der Waals surface area contributed by atoms with Gasteiger partial charge in [-0.25, -0.2) is 18.1 Å². The smallest absolute Gasteiger partial charge is 0.241 e. The van der Waals surface area contributed by atoms with Gasteiger partial charge in [-0.2, -0.15) is 0 Å². The maximum Gasteiger partial charge on any atom is 0.241 e. The van der Waals surface area contributed by atoms with Crippen molar-refractivity contribution in [2.75, 3.05) is 6.54 Å². The summed E-state index contributed by atoms with van der Waals surface area (Å²) in [6, 6.07) is 5.09. The average Bonchev–Trinajstić information content (AvgIpc) is 2.92. The molecule has 2 heterocycles. The molecule has 1 aliphatic heterocycles. The highest BCUT2D eigenvalue weighted by molar-refractivity contribution is 9.11. The van der Waals surface area contributed by atoms with Gasteiger partial charge in [0, 0.05) is 41.1 Å². The van der Waals surface area contributed by atoms with E-state index in [1.165, 1.54) is 12.8 Å². The molecule has 2 aromatic rings. The van der Waals surface area contributed by atoms with Crippen molar-refractivity contribution in [3.8, 4) is 0 Å². The van der Waals surface area contributed by atoms with Gasteiger partial charge in [-0.15, -0.1) is 0 Å². The number of aryl methyl sites for hydroxylation is 2. The van der Waals surface area contributed by atoms with Gasteiger partial charge in [-0.05, 0) is 47.0 Å². The molecule has 0 saturated carbocycles. The fourth-order valence-corrected chi connectivity index (χ4v) is 5.20. The zero-order valence-corrected chi connectivity index (χ0v) is 16.4. The Kier molecular flexibility index (Phi) is 5.25. The topological polar surface area (TPSA) is 64.0 Å². The van der Waals surface area contributed by atoms with Crippen molar-refractivity contribution >= 4 is 41.9 Å². The molecule has 1 N–H and O–H groups in total. The van der Waals surface area contributed by atoms with E-state index in [2.05, 4.69) is 46.1 Å². The number of hydrogen-bond donors (Lipinski definition) is 1. The first-order valence-electron chi connectivity index (χ1n) is 7.45. The van der Waals surface area contributed by atoms with Gasteiger partial charge in [0.05, 0.1) is 10.6 Å². The van der Waals surface area contributed by atoms with E-state index < -0.39 is 10.0 Å². The van der Waals surface area contributed by atoms with E-state index in [9.17, 15) is 8.42 Å². The first-order chi connectivity index (χ1) is 11.0. The molecule has 0 amide bonds. The molecule has 0 aliphatic carbocycles. The van der Waals surface area contributed by atoms with E-state index in [0.717, 1.165) is 29.0 Å². The van der Waals surface area contributed by atoms with Crippen LogP contribution in [0.1, 0.15) is 24.4 Å². The Morgan fingerprint density at radius 1 is 1.26 bits per heavy atom. The SMILES string of the molecule is O=S(=O)(NCCc1cn2c(n1)CCCC2)c1cc(Br)ccc1Br. The second-order valence-corrected chi connectivity index (χ2v) is 9.03. The van der Waals surface area contributed by atoms with Crippen molar-refractivity contribution in [1.29, 1.82) is 0 Å². The number of halogens is 2. The summed E-state index contributed by atoms with van der Waals surface area (Å²) in [7, 11) is -3.55. The predicted octanol–water partition coefficient (Wildman–Crippen LogP) is 3.27.